The molecule has 5 nitrogen and oxygen atoms in total. The Morgan fingerprint density at radius 2 is 1.93 bits per heavy atom. The smallest absolute Gasteiger partial charge is 0.251 e. The predicted octanol–water partition coefficient (Wildman–Crippen LogP) is 4.36. The highest BCUT2D eigenvalue weighted by atomic mass is 16.1. The molecule has 2 aromatic rings. The minimum Gasteiger partial charge on any atom is -0.355 e. The van der Waals surface area contributed by atoms with Crippen molar-refractivity contribution in [3.63, 3.8) is 0 Å². The van der Waals surface area contributed by atoms with Gasteiger partial charge in [0.2, 0.25) is 0 Å². The number of nitrogens with one attached hydrogen (secondary N) is 1. The number of carbonyl (C=O) groups is 1. The lowest BCUT2D eigenvalue weighted by molar-refractivity contribution is 0.0954. The fraction of sp³-hybridized carbons (Fsp3) is 0.435. The van der Waals surface area contributed by atoms with Gasteiger partial charge in [0, 0.05) is 43.2 Å². The summed E-state index contributed by atoms with van der Waals surface area (Å²) < 4.78 is 0. The first kappa shape index (κ1) is 18.7. The van der Waals surface area contributed by atoms with Gasteiger partial charge < -0.3 is 10.2 Å². The Morgan fingerprint density at radius 3 is 2.75 bits per heavy atom. The molecule has 0 spiro atoms. The normalized spacial score (nSPS) is 16.7. The number of amides is 1. The van der Waals surface area contributed by atoms with E-state index in [1.165, 1.54) is 44.1 Å². The third kappa shape index (κ3) is 4.41. The zero-order chi connectivity index (χ0) is 19.2. The highest BCUT2D eigenvalue weighted by molar-refractivity contribution is 5.95. The van der Waals surface area contributed by atoms with Crippen molar-refractivity contribution in [3.05, 3.63) is 53.9 Å². The molecule has 2 heterocycles. The minimum absolute atomic E-state index is 0.0233. The predicted molar refractivity (Wildman–Crippen MR) is 112 cm³/mol. The Balaban J connectivity index is 1.46. The first-order chi connectivity index (χ1) is 13.8. The van der Waals surface area contributed by atoms with Crippen molar-refractivity contribution in [3.8, 4) is 11.3 Å². The molecule has 0 bridgehead atoms. The second-order valence-electron chi connectivity index (χ2n) is 7.62. The lowest BCUT2D eigenvalue weighted by Gasteiger charge is -2.19. The van der Waals surface area contributed by atoms with Gasteiger partial charge in [-0.25, -0.2) is 4.98 Å². The van der Waals surface area contributed by atoms with Crippen LogP contribution in [0.25, 0.3) is 11.3 Å². The molecule has 0 atom stereocenters. The molecular weight excluding hydrogens is 348 g/mol. The molecule has 1 aromatic carbocycles. The molecule has 1 aliphatic carbocycles. The van der Waals surface area contributed by atoms with E-state index in [9.17, 15) is 4.79 Å². The molecule has 1 amide bonds. The fourth-order valence-corrected chi connectivity index (χ4v) is 4.07. The summed E-state index contributed by atoms with van der Waals surface area (Å²) in [6.07, 6.45) is 14.1. The number of carbonyl (C=O) groups excluding carboxylic acids is 1. The van der Waals surface area contributed by atoms with Crippen LogP contribution in [0.5, 0.6) is 0 Å². The van der Waals surface area contributed by atoms with E-state index in [1.54, 1.807) is 12.4 Å². The standard InChI is InChI=1S/C23H28N4O/c28-23(26-12-11-18-7-2-1-3-8-18)20-10-6-9-19(17-20)21-22(25-14-13-24-21)27-15-4-5-16-27/h6-7,9-10,13-14,17H,1-5,8,11-12,15-16H2,(H,26,28). The summed E-state index contributed by atoms with van der Waals surface area (Å²) in [4.78, 5) is 24.1. The number of benzene rings is 1. The maximum absolute atomic E-state index is 12.6. The molecule has 0 unspecified atom stereocenters. The van der Waals surface area contributed by atoms with E-state index < -0.39 is 0 Å². The van der Waals surface area contributed by atoms with Crippen molar-refractivity contribution in [2.24, 2.45) is 0 Å². The SMILES string of the molecule is O=C(NCCC1=CCCCC1)c1cccc(-c2nccnc2N2CCCC2)c1. The minimum atomic E-state index is -0.0233. The van der Waals surface area contributed by atoms with Crippen LogP contribution in [0.2, 0.25) is 0 Å². The molecule has 5 heteroatoms. The molecule has 28 heavy (non-hydrogen) atoms. The molecule has 0 radical (unpaired) electrons. The molecule has 146 valence electrons. The summed E-state index contributed by atoms with van der Waals surface area (Å²) in [6, 6.07) is 7.73. The highest BCUT2D eigenvalue weighted by Gasteiger charge is 2.19. The molecule has 1 N–H and O–H groups in total. The first-order valence-corrected chi connectivity index (χ1v) is 10.4. The topological polar surface area (TPSA) is 58.1 Å². The first-order valence-electron chi connectivity index (χ1n) is 10.4. The van der Waals surface area contributed by atoms with E-state index in [2.05, 4.69) is 26.3 Å². The number of allylic oxidation sites excluding steroid dienone is 1. The Kier molecular flexibility index (Phi) is 6.00. The Hall–Kier alpha value is -2.69. The van der Waals surface area contributed by atoms with E-state index in [0.29, 0.717) is 12.1 Å². The molecule has 1 aromatic heterocycles. The van der Waals surface area contributed by atoms with Crippen LogP contribution in [0, 0.1) is 0 Å². The van der Waals surface area contributed by atoms with Crippen molar-refractivity contribution in [2.45, 2.75) is 44.9 Å². The van der Waals surface area contributed by atoms with Gasteiger partial charge in [-0.15, -0.1) is 0 Å². The Morgan fingerprint density at radius 1 is 1.07 bits per heavy atom. The summed E-state index contributed by atoms with van der Waals surface area (Å²) in [5.41, 5.74) is 3.95. The molecule has 1 fully saturated rings. The summed E-state index contributed by atoms with van der Waals surface area (Å²) in [6.45, 7) is 2.72. The van der Waals surface area contributed by atoms with E-state index in [-0.39, 0.29) is 5.91 Å². The summed E-state index contributed by atoms with van der Waals surface area (Å²) >= 11 is 0. The zero-order valence-electron chi connectivity index (χ0n) is 16.4. The van der Waals surface area contributed by atoms with Gasteiger partial charge in [-0.1, -0.05) is 23.8 Å². The largest absolute Gasteiger partial charge is 0.355 e. The van der Waals surface area contributed by atoms with Crippen LogP contribution < -0.4 is 10.2 Å². The molecular formula is C23H28N4O. The van der Waals surface area contributed by atoms with Gasteiger partial charge in [-0.2, -0.15) is 0 Å². The van der Waals surface area contributed by atoms with Crippen molar-refractivity contribution < 1.29 is 4.79 Å². The number of hydrogen-bond donors (Lipinski definition) is 1. The molecule has 2 aliphatic rings. The summed E-state index contributed by atoms with van der Waals surface area (Å²) in [7, 11) is 0. The Labute approximate surface area is 166 Å². The van der Waals surface area contributed by atoms with E-state index >= 15 is 0 Å². The van der Waals surface area contributed by atoms with Crippen LogP contribution in [0.1, 0.15) is 55.3 Å². The molecule has 4 rings (SSSR count). The van der Waals surface area contributed by atoms with Crippen molar-refractivity contribution >= 4 is 11.7 Å². The third-order valence-electron chi connectivity index (χ3n) is 5.60. The maximum atomic E-state index is 12.6. The highest BCUT2D eigenvalue weighted by Crippen LogP contribution is 2.29. The second kappa shape index (κ2) is 9.00. The zero-order valence-corrected chi connectivity index (χ0v) is 16.4. The monoisotopic (exact) mass is 376 g/mol. The summed E-state index contributed by atoms with van der Waals surface area (Å²) in [5.74, 6) is 0.895. The van der Waals surface area contributed by atoms with Gasteiger partial charge >= 0.3 is 0 Å². The molecule has 0 saturated carbocycles. The van der Waals surface area contributed by atoms with E-state index in [0.717, 1.165) is 36.6 Å². The quantitative estimate of drug-likeness (QED) is 0.761. The van der Waals surface area contributed by atoms with Crippen molar-refractivity contribution in [1.82, 2.24) is 15.3 Å². The maximum Gasteiger partial charge on any atom is 0.251 e. The van der Waals surface area contributed by atoms with Gasteiger partial charge in [0.05, 0.1) is 0 Å². The van der Waals surface area contributed by atoms with Gasteiger partial charge in [0.1, 0.15) is 5.69 Å². The van der Waals surface area contributed by atoms with Crippen LogP contribution in [0.3, 0.4) is 0 Å². The fourth-order valence-electron chi connectivity index (χ4n) is 4.07. The number of anilines is 1. The molecule has 1 saturated heterocycles. The van der Waals surface area contributed by atoms with Crippen LogP contribution in [0.15, 0.2) is 48.3 Å². The van der Waals surface area contributed by atoms with E-state index in [4.69, 9.17) is 0 Å². The van der Waals surface area contributed by atoms with Gasteiger partial charge in [0.15, 0.2) is 5.82 Å². The Bertz CT molecular complexity index is 855. The van der Waals surface area contributed by atoms with Crippen LogP contribution in [0.4, 0.5) is 5.82 Å². The number of aromatic nitrogens is 2. The van der Waals surface area contributed by atoms with Gasteiger partial charge in [-0.3, -0.25) is 9.78 Å². The second-order valence-corrected chi connectivity index (χ2v) is 7.62. The average Bonchev–Trinajstić information content (AvgIpc) is 3.29. The van der Waals surface area contributed by atoms with Crippen LogP contribution in [-0.4, -0.2) is 35.5 Å². The third-order valence-corrected chi connectivity index (χ3v) is 5.60. The van der Waals surface area contributed by atoms with Crippen molar-refractivity contribution in [1.29, 1.82) is 0 Å². The van der Waals surface area contributed by atoms with E-state index in [1.807, 2.05) is 24.3 Å². The number of rotatable bonds is 6. The van der Waals surface area contributed by atoms with Crippen LogP contribution >= 0.6 is 0 Å². The van der Waals surface area contributed by atoms with Gasteiger partial charge in [-0.05, 0) is 57.1 Å². The number of hydrogen-bond acceptors (Lipinski definition) is 4. The number of nitrogens with zero attached hydrogens (tertiary/aromatic N) is 3. The van der Waals surface area contributed by atoms with Gasteiger partial charge in [0.25, 0.3) is 5.91 Å². The summed E-state index contributed by atoms with van der Waals surface area (Å²) in [5, 5.41) is 3.07. The lowest BCUT2D eigenvalue weighted by Crippen LogP contribution is -2.25. The molecule has 1 aliphatic heterocycles. The average molecular weight is 377 g/mol. The lowest BCUT2D eigenvalue weighted by atomic mass is 9.97. The van der Waals surface area contributed by atoms with Crippen molar-refractivity contribution in [2.75, 3.05) is 24.5 Å². The van der Waals surface area contributed by atoms with Crippen LogP contribution in [-0.2, 0) is 0 Å².